The van der Waals surface area contributed by atoms with E-state index in [1.807, 2.05) is 0 Å². The van der Waals surface area contributed by atoms with E-state index in [-0.39, 0.29) is 17.2 Å². The second-order valence-electron chi connectivity index (χ2n) is 6.97. The zero-order chi connectivity index (χ0) is 15.8. The standard InChI is InChI=1S/C17H22FN3O/c1-16(2)8-7-14(9-13-3-5-15(18)6-4-13)17(16,22)10-21-12-19-11-20-21/h3-6,11-12,14,22H,7-10H2,1-2H3. The van der Waals surface area contributed by atoms with Crippen LogP contribution >= 0.6 is 0 Å². The van der Waals surface area contributed by atoms with Gasteiger partial charge in [-0.05, 0) is 48.3 Å². The normalized spacial score (nSPS) is 27.2. The van der Waals surface area contributed by atoms with Gasteiger partial charge in [0.15, 0.2) is 0 Å². The number of aromatic nitrogens is 3. The predicted molar refractivity (Wildman–Crippen MR) is 81.6 cm³/mol. The van der Waals surface area contributed by atoms with E-state index in [1.54, 1.807) is 23.1 Å². The van der Waals surface area contributed by atoms with Crippen LogP contribution in [0.15, 0.2) is 36.9 Å². The highest BCUT2D eigenvalue weighted by molar-refractivity contribution is 5.19. The fourth-order valence-corrected chi connectivity index (χ4v) is 3.62. The molecule has 0 bridgehead atoms. The predicted octanol–water partition coefficient (Wildman–Crippen LogP) is 2.83. The van der Waals surface area contributed by atoms with Crippen LogP contribution in [0.1, 0.15) is 32.3 Å². The van der Waals surface area contributed by atoms with Crippen molar-refractivity contribution in [3.8, 4) is 0 Å². The van der Waals surface area contributed by atoms with Crippen LogP contribution in [-0.4, -0.2) is 25.5 Å². The van der Waals surface area contributed by atoms with Crippen molar-refractivity contribution in [2.24, 2.45) is 11.3 Å². The van der Waals surface area contributed by atoms with Crippen LogP contribution in [0.4, 0.5) is 4.39 Å². The van der Waals surface area contributed by atoms with Gasteiger partial charge in [-0.1, -0.05) is 26.0 Å². The molecule has 1 heterocycles. The number of nitrogens with zero attached hydrogens (tertiary/aromatic N) is 3. The second-order valence-corrected chi connectivity index (χ2v) is 6.97. The summed E-state index contributed by atoms with van der Waals surface area (Å²) >= 11 is 0. The first-order valence-corrected chi connectivity index (χ1v) is 7.70. The summed E-state index contributed by atoms with van der Waals surface area (Å²) in [5, 5.41) is 15.5. The Morgan fingerprint density at radius 2 is 2.05 bits per heavy atom. The van der Waals surface area contributed by atoms with E-state index < -0.39 is 5.60 Å². The van der Waals surface area contributed by atoms with E-state index in [0.717, 1.165) is 24.8 Å². The van der Waals surface area contributed by atoms with Crippen molar-refractivity contribution in [2.45, 2.75) is 45.3 Å². The largest absolute Gasteiger partial charge is 0.387 e. The van der Waals surface area contributed by atoms with E-state index in [0.29, 0.717) is 6.54 Å². The van der Waals surface area contributed by atoms with Crippen LogP contribution < -0.4 is 0 Å². The number of rotatable bonds is 4. The number of hydrogen-bond acceptors (Lipinski definition) is 3. The molecule has 5 heteroatoms. The van der Waals surface area contributed by atoms with Gasteiger partial charge in [-0.2, -0.15) is 5.10 Å². The van der Waals surface area contributed by atoms with Gasteiger partial charge in [0.1, 0.15) is 18.5 Å². The minimum atomic E-state index is -0.852. The maximum atomic E-state index is 13.1. The smallest absolute Gasteiger partial charge is 0.137 e. The molecule has 1 aliphatic rings. The third kappa shape index (κ3) is 2.65. The molecule has 1 aromatic heterocycles. The SMILES string of the molecule is CC1(C)CCC(Cc2ccc(F)cc2)C1(O)Cn1cncn1. The molecule has 1 N–H and O–H groups in total. The first-order chi connectivity index (χ1) is 10.4. The first kappa shape index (κ1) is 15.2. The Kier molecular flexibility index (Phi) is 3.77. The molecule has 0 amide bonds. The summed E-state index contributed by atoms with van der Waals surface area (Å²) in [6.07, 6.45) is 5.79. The molecule has 3 rings (SSSR count). The van der Waals surface area contributed by atoms with Crippen molar-refractivity contribution in [2.75, 3.05) is 0 Å². The van der Waals surface area contributed by atoms with Crippen LogP contribution in [0.2, 0.25) is 0 Å². The van der Waals surface area contributed by atoms with Gasteiger partial charge in [-0.25, -0.2) is 9.37 Å². The molecule has 1 aromatic carbocycles. The van der Waals surface area contributed by atoms with Crippen LogP contribution in [0, 0.1) is 17.2 Å². The maximum absolute atomic E-state index is 13.1. The minimum absolute atomic E-state index is 0.122. The Morgan fingerprint density at radius 1 is 1.32 bits per heavy atom. The molecule has 2 unspecified atom stereocenters. The summed E-state index contributed by atoms with van der Waals surface area (Å²) in [7, 11) is 0. The van der Waals surface area contributed by atoms with E-state index in [2.05, 4.69) is 23.9 Å². The van der Waals surface area contributed by atoms with Gasteiger partial charge in [0.05, 0.1) is 12.1 Å². The summed E-state index contributed by atoms with van der Waals surface area (Å²) in [6.45, 7) is 4.65. The molecule has 1 aliphatic carbocycles. The Morgan fingerprint density at radius 3 is 2.68 bits per heavy atom. The molecule has 22 heavy (non-hydrogen) atoms. The molecule has 1 saturated carbocycles. The quantitative estimate of drug-likeness (QED) is 0.945. The topological polar surface area (TPSA) is 50.9 Å². The lowest BCUT2D eigenvalue weighted by atomic mass is 9.72. The molecule has 0 saturated heterocycles. The average molecular weight is 303 g/mol. The van der Waals surface area contributed by atoms with E-state index >= 15 is 0 Å². The minimum Gasteiger partial charge on any atom is -0.387 e. The Labute approximate surface area is 130 Å². The van der Waals surface area contributed by atoms with E-state index in [4.69, 9.17) is 0 Å². The first-order valence-electron chi connectivity index (χ1n) is 7.70. The Bertz CT molecular complexity index is 624. The lowest BCUT2D eigenvalue weighted by Crippen LogP contribution is -2.49. The van der Waals surface area contributed by atoms with Crippen molar-refractivity contribution in [3.63, 3.8) is 0 Å². The van der Waals surface area contributed by atoms with Crippen molar-refractivity contribution < 1.29 is 9.50 Å². The van der Waals surface area contributed by atoms with E-state index in [1.165, 1.54) is 18.5 Å². The molecular weight excluding hydrogens is 281 g/mol. The highest BCUT2D eigenvalue weighted by Gasteiger charge is 2.54. The maximum Gasteiger partial charge on any atom is 0.137 e. The van der Waals surface area contributed by atoms with Crippen LogP contribution in [0.25, 0.3) is 0 Å². The van der Waals surface area contributed by atoms with Crippen molar-refractivity contribution in [1.29, 1.82) is 0 Å². The second kappa shape index (κ2) is 5.47. The third-order valence-corrected chi connectivity index (χ3v) is 5.23. The average Bonchev–Trinajstić information content (AvgIpc) is 3.04. The van der Waals surface area contributed by atoms with Gasteiger partial charge >= 0.3 is 0 Å². The highest BCUT2D eigenvalue weighted by Crippen LogP contribution is 2.51. The fourth-order valence-electron chi connectivity index (χ4n) is 3.62. The zero-order valence-corrected chi connectivity index (χ0v) is 13.0. The van der Waals surface area contributed by atoms with Crippen LogP contribution in [0.5, 0.6) is 0 Å². The lowest BCUT2D eigenvalue weighted by molar-refractivity contribution is -0.0907. The Hall–Kier alpha value is -1.75. The summed E-state index contributed by atoms with van der Waals surface area (Å²) in [5.74, 6) is -0.106. The van der Waals surface area contributed by atoms with Gasteiger partial charge in [-0.3, -0.25) is 4.68 Å². The molecule has 1 fully saturated rings. The molecule has 4 nitrogen and oxygen atoms in total. The van der Waals surface area contributed by atoms with Crippen LogP contribution in [-0.2, 0) is 13.0 Å². The highest BCUT2D eigenvalue weighted by atomic mass is 19.1. The molecular formula is C17H22FN3O. The fraction of sp³-hybridized carbons (Fsp3) is 0.529. The van der Waals surface area contributed by atoms with Gasteiger partial charge in [-0.15, -0.1) is 0 Å². The van der Waals surface area contributed by atoms with Gasteiger partial charge in [0, 0.05) is 0 Å². The number of aliphatic hydroxyl groups is 1. The van der Waals surface area contributed by atoms with Crippen molar-refractivity contribution >= 4 is 0 Å². The number of halogens is 1. The molecule has 2 aromatic rings. The van der Waals surface area contributed by atoms with Crippen LogP contribution in [0.3, 0.4) is 0 Å². The lowest BCUT2D eigenvalue weighted by Gasteiger charge is -2.40. The molecule has 2 atom stereocenters. The van der Waals surface area contributed by atoms with Crippen molar-refractivity contribution in [1.82, 2.24) is 14.8 Å². The number of benzene rings is 1. The van der Waals surface area contributed by atoms with Gasteiger partial charge < -0.3 is 5.11 Å². The molecule has 118 valence electrons. The molecule has 0 radical (unpaired) electrons. The van der Waals surface area contributed by atoms with Gasteiger partial charge in [0.25, 0.3) is 0 Å². The zero-order valence-electron chi connectivity index (χ0n) is 13.0. The molecule has 0 aliphatic heterocycles. The summed E-state index contributed by atoms with van der Waals surface area (Å²) in [6, 6.07) is 6.56. The Balaban J connectivity index is 1.84. The summed E-state index contributed by atoms with van der Waals surface area (Å²) in [4.78, 5) is 3.96. The van der Waals surface area contributed by atoms with E-state index in [9.17, 15) is 9.50 Å². The third-order valence-electron chi connectivity index (χ3n) is 5.23. The summed E-state index contributed by atoms with van der Waals surface area (Å²) in [5.41, 5.74) is 0.0137. The molecule has 0 spiro atoms. The monoisotopic (exact) mass is 303 g/mol. The number of hydrogen-bond donors (Lipinski definition) is 1. The van der Waals surface area contributed by atoms with Gasteiger partial charge in [0.2, 0.25) is 0 Å². The van der Waals surface area contributed by atoms with Crippen molar-refractivity contribution in [3.05, 3.63) is 48.3 Å². The summed E-state index contributed by atoms with van der Waals surface area (Å²) < 4.78 is 14.8.